The second-order valence-corrected chi connectivity index (χ2v) is 10.7. The molecule has 0 bridgehead atoms. The fourth-order valence-electron chi connectivity index (χ4n) is 3.95. The number of thiazole rings is 1. The van der Waals surface area contributed by atoms with E-state index in [1.165, 1.54) is 23.1 Å². The summed E-state index contributed by atoms with van der Waals surface area (Å²) >= 11 is 2.70. The zero-order chi connectivity index (χ0) is 27.4. The highest BCUT2D eigenvalue weighted by molar-refractivity contribution is 7.99. The molecule has 0 radical (unpaired) electrons. The predicted molar refractivity (Wildman–Crippen MR) is 154 cm³/mol. The van der Waals surface area contributed by atoms with Crippen molar-refractivity contribution in [2.75, 3.05) is 18.2 Å². The van der Waals surface area contributed by atoms with E-state index in [0.29, 0.717) is 27.4 Å². The van der Waals surface area contributed by atoms with Crippen LogP contribution < -0.4 is 15.4 Å². The van der Waals surface area contributed by atoms with E-state index in [1.54, 1.807) is 31.4 Å². The Bertz CT molecular complexity index is 1630. The number of benzene rings is 3. The van der Waals surface area contributed by atoms with Crippen molar-refractivity contribution in [3.05, 3.63) is 89.2 Å². The number of nitrogens with zero attached hydrogens (tertiary/aromatic N) is 4. The Balaban J connectivity index is 1.34. The Morgan fingerprint density at radius 1 is 1.03 bits per heavy atom. The van der Waals surface area contributed by atoms with Crippen LogP contribution >= 0.6 is 23.1 Å². The van der Waals surface area contributed by atoms with Gasteiger partial charge in [-0.2, -0.15) is 0 Å². The topological polar surface area (TPSA) is 111 Å². The van der Waals surface area contributed by atoms with Crippen LogP contribution in [-0.2, 0) is 11.3 Å². The molecule has 0 aliphatic heterocycles. The number of hydrogen-bond donors (Lipinski definition) is 2. The molecule has 2 N–H and O–H groups in total. The standard InChI is InChI=1S/C28H26N6O3S2/c1-17-11-12-18(2)22(13-17)34-24(15-29-26(36)19-7-6-8-20(14-19)37-3)32-33-28(34)38-16-25(35)31-27-30-21-9-4-5-10-23(21)39-27/h4-14H,15-16H2,1-3H3,(H,29,36)(H,30,31,35). The lowest BCUT2D eigenvalue weighted by molar-refractivity contribution is -0.113. The van der Waals surface area contributed by atoms with Gasteiger partial charge in [-0.3, -0.25) is 14.2 Å². The van der Waals surface area contributed by atoms with Gasteiger partial charge in [-0.1, -0.05) is 53.4 Å². The molecule has 0 fully saturated rings. The predicted octanol–water partition coefficient (Wildman–Crippen LogP) is 5.16. The van der Waals surface area contributed by atoms with Gasteiger partial charge in [0, 0.05) is 5.56 Å². The molecule has 5 rings (SSSR count). The van der Waals surface area contributed by atoms with E-state index < -0.39 is 0 Å². The molecule has 39 heavy (non-hydrogen) atoms. The summed E-state index contributed by atoms with van der Waals surface area (Å²) in [4.78, 5) is 30.1. The zero-order valence-electron chi connectivity index (χ0n) is 21.6. The molecule has 198 valence electrons. The molecule has 11 heteroatoms. The number of anilines is 1. The average molecular weight is 559 g/mol. The highest BCUT2D eigenvalue weighted by atomic mass is 32.2. The molecule has 0 atom stereocenters. The van der Waals surface area contributed by atoms with Crippen LogP contribution in [0.3, 0.4) is 0 Å². The fraction of sp³-hybridized carbons (Fsp3) is 0.179. The maximum Gasteiger partial charge on any atom is 0.251 e. The first-order chi connectivity index (χ1) is 18.9. The van der Waals surface area contributed by atoms with Gasteiger partial charge in [0.25, 0.3) is 5.91 Å². The number of carbonyl (C=O) groups excluding carboxylic acids is 2. The zero-order valence-corrected chi connectivity index (χ0v) is 23.2. The lowest BCUT2D eigenvalue weighted by atomic mass is 10.1. The van der Waals surface area contributed by atoms with Crippen molar-refractivity contribution in [2.45, 2.75) is 25.5 Å². The van der Waals surface area contributed by atoms with Crippen LogP contribution in [0.1, 0.15) is 27.3 Å². The summed E-state index contributed by atoms with van der Waals surface area (Å²) in [6, 6.07) is 20.8. The van der Waals surface area contributed by atoms with Gasteiger partial charge < -0.3 is 15.4 Å². The number of aryl methyl sites for hydroxylation is 2. The largest absolute Gasteiger partial charge is 0.497 e. The van der Waals surface area contributed by atoms with Gasteiger partial charge >= 0.3 is 0 Å². The molecule has 9 nitrogen and oxygen atoms in total. The van der Waals surface area contributed by atoms with E-state index in [4.69, 9.17) is 4.74 Å². The van der Waals surface area contributed by atoms with Gasteiger partial charge in [0.1, 0.15) is 5.75 Å². The second-order valence-electron chi connectivity index (χ2n) is 8.76. The summed E-state index contributed by atoms with van der Waals surface area (Å²) < 4.78 is 8.13. The number of methoxy groups -OCH3 is 1. The van der Waals surface area contributed by atoms with E-state index >= 15 is 0 Å². The molecular formula is C28H26N6O3S2. The number of rotatable bonds is 9. The molecule has 2 aromatic heterocycles. The highest BCUT2D eigenvalue weighted by Gasteiger charge is 2.19. The van der Waals surface area contributed by atoms with Crippen molar-refractivity contribution in [2.24, 2.45) is 0 Å². The lowest BCUT2D eigenvalue weighted by Gasteiger charge is -2.14. The van der Waals surface area contributed by atoms with Crippen molar-refractivity contribution >= 4 is 50.3 Å². The number of fused-ring (bicyclic) bond motifs is 1. The Labute approximate surface area is 233 Å². The SMILES string of the molecule is COc1cccc(C(=O)NCc2nnc(SCC(=O)Nc3nc4ccccc4s3)n2-c2cc(C)ccc2C)c1. The van der Waals surface area contributed by atoms with Crippen LogP contribution in [0, 0.1) is 13.8 Å². The van der Waals surface area contributed by atoms with Gasteiger partial charge in [0.2, 0.25) is 5.91 Å². The van der Waals surface area contributed by atoms with Gasteiger partial charge in [-0.15, -0.1) is 10.2 Å². The van der Waals surface area contributed by atoms with E-state index in [9.17, 15) is 9.59 Å². The number of nitrogens with one attached hydrogen (secondary N) is 2. The van der Waals surface area contributed by atoms with Crippen LogP contribution in [0.25, 0.3) is 15.9 Å². The molecule has 0 saturated heterocycles. The first-order valence-electron chi connectivity index (χ1n) is 12.1. The number of hydrogen-bond acceptors (Lipinski definition) is 8. The number of ether oxygens (including phenoxy) is 1. The molecule has 2 amide bonds. The van der Waals surface area contributed by atoms with E-state index in [0.717, 1.165) is 27.0 Å². The van der Waals surface area contributed by atoms with E-state index in [1.807, 2.05) is 60.9 Å². The van der Waals surface area contributed by atoms with Crippen molar-refractivity contribution in [3.8, 4) is 11.4 Å². The molecule has 2 heterocycles. The minimum absolute atomic E-state index is 0.120. The molecule has 0 aliphatic carbocycles. The number of thioether (sulfide) groups is 1. The monoisotopic (exact) mass is 558 g/mol. The molecule has 0 spiro atoms. The maximum atomic E-state index is 12.8. The quantitative estimate of drug-likeness (QED) is 0.240. The Morgan fingerprint density at radius 2 is 1.87 bits per heavy atom. The molecular weight excluding hydrogens is 532 g/mol. The summed E-state index contributed by atoms with van der Waals surface area (Å²) in [6.07, 6.45) is 0. The van der Waals surface area contributed by atoms with Crippen molar-refractivity contribution < 1.29 is 14.3 Å². The van der Waals surface area contributed by atoms with Gasteiger partial charge in [-0.05, 0) is 61.4 Å². The molecule has 0 saturated carbocycles. The van der Waals surface area contributed by atoms with Crippen LogP contribution in [0.15, 0.2) is 71.9 Å². The second kappa shape index (κ2) is 11.7. The van der Waals surface area contributed by atoms with Crippen molar-refractivity contribution in [1.82, 2.24) is 25.1 Å². The third-order valence-electron chi connectivity index (χ3n) is 5.92. The molecule has 0 unspecified atom stereocenters. The molecule has 0 aliphatic rings. The molecule has 5 aromatic rings. The normalized spacial score (nSPS) is 10.9. The van der Waals surface area contributed by atoms with Gasteiger partial charge in [0.15, 0.2) is 16.1 Å². The maximum absolute atomic E-state index is 12.8. The Hall–Kier alpha value is -4.22. The first-order valence-corrected chi connectivity index (χ1v) is 13.9. The van der Waals surface area contributed by atoms with Gasteiger partial charge in [-0.25, -0.2) is 4.98 Å². The Kier molecular flexibility index (Phi) is 7.89. The fourth-order valence-corrected chi connectivity index (χ4v) is 5.59. The summed E-state index contributed by atoms with van der Waals surface area (Å²) in [5.74, 6) is 0.823. The summed E-state index contributed by atoms with van der Waals surface area (Å²) in [5, 5.41) is 15.6. The summed E-state index contributed by atoms with van der Waals surface area (Å²) in [7, 11) is 1.56. The summed E-state index contributed by atoms with van der Waals surface area (Å²) in [5.41, 5.74) is 4.30. The smallest absolute Gasteiger partial charge is 0.251 e. The van der Waals surface area contributed by atoms with Crippen LogP contribution in [0.2, 0.25) is 0 Å². The molecule has 3 aromatic carbocycles. The van der Waals surface area contributed by atoms with Crippen molar-refractivity contribution in [3.63, 3.8) is 0 Å². The van der Waals surface area contributed by atoms with Crippen LogP contribution in [0.4, 0.5) is 5.13 Å². The number of carbonyl (C=O) groups is 2. The Morgan fingerprint density at radius 3 is 2.69 bits per heavy atom. The average Bonchev–Trinajstić information content (AvgIpc) is 3.55. The van der Waals surface area contributed by atoms with E-state index in [-0.39, 0.29) is 24.1 Å². The number of para-hydroxylation sites is 1. The summed E-state index contributed by atoms with van der Waals surface area (Å²) in [6.45, 7) is 4.16. The minimum atomic E-state index is -0.256. The van der Waals surface area contributed by atoms with Crippen LogP contribution in [-0.4, -0.2) is 44.4 Å². The highest BCUT2D eigenvalue weighted by Crippen LogP contribution is 2.28. The number of amides is 2. The van der Waals surface area contributed by atoms with Gasteiger partial charge in [0.05, 0.1) is 35.3 Å². The number of aromatic nitrogens is 4. The minimum Gasteiger partial charge on any atom is -0.497 e. The first kappa shape index (κ1) is 26.4. The van der Waals surface area contributed by atoms with E-state index in [2.05, 4.69) is 25.8 Å². The van der Waals surface area contributed by atoms with Crippen molar-refractivity contribution in [1.29, 1.82) is 0 Å². The third kappa shape index (κ3) is 6.10. The van der Waals surface area contributed by atoms with Crippen LogP contribution in [0.5, 0.6) is 5.75 Å². The third-order valence-corrected chi connectivity index (χ3v) is 7.80. The lowest BCUT2D eigenvalue weighted by Crippen LogP contribution is -2.25.